The van der Waals surface area contributed by atoms with Crippen LogP contribution >= 0.6 is 0 Å². The van der Waals surface area contributed by atoms with Crippen molar-refractivity contribution in [1.82, 2.24) is 9.55 Å². The summed E-state index contributed by atoms with van der Waals surface area (Å²) < 4.78 is 7.29. The maximum atomic E-state index is 13.1. The van der Waals surface area contributed by atoms with Crippen molar-refractivity contribution in [3.05, 3.63) is 69.0 Å². The Morgan fingerprint density at radius 1 is 1.13 bits per heavy atom. The van der Waals surface area contributed by atoms with Gasteiger partial charge in [-0.3, -0.25) is 9.36 Å². The number of hydrazone groups is 1. The largest absolute Gasteiger partial charge is 0.379 e. The standard InChI is InChI=1S/C25H32N4O2/c1-16(2)31-13-9-12-29-24(30)21-10-7-8-11-23(21)26-25(29)28-27-20(6)22-15-18(4)17(3)14-19(22)5/h7-8,10-11,14-16H,9,12-13H2,1-6H3,(H,26,28)/b27-20-. The van der Waals surface area contributed by atoms with E-state index in [2.05, 4.69) is 48.4 Å². The highest BCUT2D eigenvalue weighted by atomic mass is 16.5. The Balaban J connectivity index is 1.94. The Morgan fingerprint density at radius 3 is 2.58 bits per heavy atom. The van der Waals surface area contributed by atoms with E-state index in [1.807, 2.05) is 45.0 Å². The molecule has 1 N–H and O–H groups in total. The molecule has 3 rings (SSSR count). The van der Waals surface area contributed by atoms with Crippen molar-refractivity contribution >= 4 is 22.6 Å². The molecule has 31 heavy (non-hydrogen) atoms. The maximum Gasteiger partial charge on any atom is 0.262 e. The van der Waals surface area contributed by atoms with Gasteiger partial charge in [-0.15, -0.1) is 0 Å². The minimum Gasteiger partial charge on any atom is -0.379 e. The van der Waals surface area contributed by atoms with E-state index in [0.29, 0.717) is 36.4 Å². The van der Waals surface area contributed by atoms with Crippen LogP contribution in [0.5, 0.6) is 0 Å². The molecule has 6 heteroatoms. The second kappa shape index (κ2) is 9.88. The normalized spacial score (nSPS) is 12.0. The molecule has 0 unspecified atom stereocenters. The van der Waals surface area contributed by atoms with Gasteiger partial charge in [-0.25, -0.2) is 10.4 Å². The Morgan fingerprint density at radius 2 is 1.84 bits per heavy atom. The molecule has 0 amide bonds. The number of rotatable bonds is 8. The smallest absolute Gasteiger partial charge is 0.262 e. The first-order valence-electron chi connectivity index (χ1n) is 10.8. The lowest BCUT2D eigenvalue weighted by atomic mass is 9.98. The van der Waals surface area contributed by atoms with Gasteiger partial charge in [-0.2, -0.15) is 5.10 Å². The average molecular weight is 421 g/mol. The molecule has 0 atom stereocenters. The first-order chi connectivity index (χ1) is 14.8. The quantitative estimate of drug-likeness (QED) is 0.317. The fourth-order valence-electron chi connectivity index (χ4n) is 3.55. The molecule has 0 aliphatic rings. The van der Waals surface area contributed by atoms with Crippen molar-refractivity contribution in [3.63, 3.8) is 0 Å². The van der Waals surface area contributed by atoms with Gasteiger partial charge in [0.1, 0.15) is 0 Å². The zero-order valence-corrected chi connectivity index (χ0v) is 19.3. The number of para-hydroxylation sites is 1. The molecule has 0 aliphatic carbocycles. The van der Waals surface area contributed by atoms with Crippen LogP contribution in [0.4, 0.5) is 5.95 Å². The first-order valence-corrected chi connectivity index (χ1v) is 10.8. The van der Waals surface area contributed by atoms with Crippen molar-refractivity contribution in [3.8, 4) is 0 Å². The van der Waals surface area contributed by atoms with Crippen LogP contribution in [0.1, 0.15) is 49.4 Å². The molecule has 1 heterocycles. The summed E-state index contributed by atoms with van der Waals surface area (Å²) in [6.45, 7) is 13.3. The minimum atomic E-state index is -0.0761. The van der Waals surface area contributed by atoms with Gasteiger partial charge >= 0.3 is 0 Å². The zero-order chi connectivity index (χ0) is 22.5. The van der Waals surface area contributed by atoms with Crippen molar-refractivity contribution < 1.29 is 4.74 Å². The molecular weight excluding hydrogens is 388 g/mol. The zero-order valence-electron chi connectivity index (χ0n) is 19.3. The number of benzene rings is 2. The van der Waals surface area contributed by atoms with Crippen LogP contribution in [0.3, 0.4) is 0 Å². The molecule has 164 valence electrons. The monoisotopic (exact) mass is 420 g/mol. The minimum absolute atomic E-state index is 0.0761. The van der Waals surface area contributed by atoms with Crippen LogP contribution in [-0.4, -0.2) is 28.0 Å². The number of hydrogen-bond donors (Lipinski definition) is 1. The summed E-state index contributed by atoms with van der Waals surface area (Å²) in [5, 5.41) is 5.17. The third-order valence-corrected chi connectivity index (χ3v) is 5.39. The number of nitrogens with zero attached hydrogens (tertiary/aromatic N) is 3. The van der Waals surface area contributed by atoms with Gasteiger partial charge in [0.2, 0.25) is 5.95 Å². The summed E-state index contributed by atoms with van der Waals surface area (Å²) in [5.74, 6) is 0.439. The third-order valence-electron chi connectivity index (χ3n) is 5.39. The van der Waals surface area contributed by atoms with Gasteiger partial charge in [0.15, 0.2) is 0 Å². The lowest BCUT2D eigenvalue weighted by Gasteiger charge is -2.14. The molecule has 0 aliphatic heterocycles. The Kier molecular flexibility index (Phi) is 7.23. The summed E-state index contributed by atoms with van der Waals surface area (Å²) in [5.41, 5.74) is 9.21. The third kappa shape index (κ3) is 5.39. The van der Waals surface area contributed by atoms with E-state index in [9.17, 15) is 4.79 Å². The SMILES string of the molecule is C/C(=N/Nc1nc2ccccc2c(=O)n1CCCOC(C)C)c1cc(C)c(C)cc1C. The van der Waals surface area contributed by atoms with Gasteiger partial charge in [0.05, 0.1) is 22.7 Å². The van der Waals surface area contributed by atoms with E-state index < -0.39 is 0 Å². The lowest BCUT2D eigenvalue weighted by Crippen LogP contribution is -2.25. The highest BCUT2D eigenvalue weighted by Gasteiger charge is 2.11. The molecule has 1 aromatic heterocycles. The molecule has 2 aromatic carbocycles. The van der Waals surface area contributed by atoms with Crippen LogP contribution in [0.15, 0.2) is 46.3 Å². The fourth-order valence-corrected chi connectivity index (χ4v) is 3.55. The van der Waals surface area contributed by atoms with Gasteiger partial charge in [0, 0.05) is 18.7 Å². The molecule has 0 radical (unpaired) electrons. The Labute approximate surface area is 184 Å². The van der Waals surface area contributed by atoms with Gasteiger partial charge in [-0.05, 0) is 82.9 Å². The molecule has 3 aromatic rings. The van der Waals surface area contributed by atoms with Crippen LogP contribution in [0.25, 0.3) is 10.9 Å². The number of hydrogen-bond acceptors (Lipinski definition) is 5. The van der Waals surface area contributed by atoms with E-state index in [4.69, 9.17) is 4.74 Å². The highest BCUT2D eigenvalue weighted by molar-refractivity contribution is 6.00. The number of ether oxygens (including phenoxy) is 1. The second-order valence-electron chi connectivity index (χ2n) is 8.24. The van der Waals surface area contributed by atoms with Crippen LogP contribution in [0.2, 0.25) is 0 Å². The second-order valence-corrected chi connectivity index (χ2v) is 8.24. The number of nitrogens with one attached hydrogen (secondary N) is 1. The van der Waals surface area contributed by atoms with Crippen molar-refractivity contribution in [2.24, 2.45) is 5.10 Å². The van der Waals surface area contributed by atoms with E-state index in [-0.39, 0.29) is 11.7 Å². The summed E-state index contributed by atoms with van der Waals surface area (Å²) in [6.07, 6.45) is 0.878. The summed E-state index contributed by atoms with van der Waals surface area (Å²) in [7, 11) is 0. The van der Waals surface area contributed by atoms with Crippen molar-refractivity contribution in [2.45, 2.75) is 60.6 Å². The summed E-state index contributed by atoms with van der Waals surface area (Å²) in [6, 6.07) is 11.7. The van der Waals surface area contributed by atoms with E-state index in [1.165, 1.54) is 16.7 Å². The lowest BCUT2D eigenvalue weighted by molar-refractivity contribution is 0.0748. The van der Waals surface area contributed by atoms with Crippen LogP contribution in [0, 0.1) is 20.8 Å². The van der Waals surface area contributed by atoms with E-state index >= 15 is 0 Å². The van der Waals surface area contributed by atoms with Gasteiger partial charge in [-0.1, -0.05) is 18.2 Å². The van der Waals surface area contributed by atoms with Gasteiger partial charge < -0.3 is 4.74 Å². The van der Waals surface area contributed by atoms with E-state index in [0.717, 1.165) is 11.3 Å². The molecule has 6 nitrogen and oxygen atoms in total. The first kappa shape index (κ1) is 22.7. The average Bonchev–Trinajstić information content (AvgIpc) is 2.73. The van der Waals surface area contributed by atoms with Crippen LogP contribution < -0.4 is 11.0 Å². The Bertz CT molecular complexity index is 1160. The van der Waals surface area contributed by atoms with Crippen molar-refractivity contribution in [1.29, 1.82) is 0 Å². The topological polar surface area (TPSA) is 68.5 Å². The van der Waals surface area contributed by atoms with Gasteiger partial charge in [0.25, 0.3) is 5.56 Å². The maximum absolute atomic E-state index is 13.1. The molecule has 0 fully saturated rings. The molecule has 0 spiro atoms. The predicted octanol–water partition coefficient (Wildman–Crippen LogP) is 4.97. The number of fused-ring (bicyclic) bond motifs is 1. The fraction of sp³-hybridized carbons (Fsp3) is 0.400. The Hall–Kier alpha value is -2.99. The molecule has 0 bridgehead atoms. The van der Waals surface area contributed by atoms with Crippen LogP contribution in [-0.2, 0) is 11.3 Å². The van der Waals surface area contributed by atoms with Crippen molar-refractivity contribution in [2.75, 3.05) is 12.0 Å². The molecular formula is C25H32N4O2. The van der Waals surface area contributed by atoms with E-state index in [1.54, 1.807) is 4.57 Å². The number of aryl methyl sites for hydroxylation is 3. The molecule has 0 saturated carbocycles. The number of anilines is 1. The summed E-state index contributed by atoms with van der Waals surface area (Å²) >= 11 is 0. The number of aromatic nitrogens is 2. The molecule has 0 saturated heterocycles. The highest BCUT2D eigenvalue weighted by Crippen LogP contribution is 2.17. The summed E-state index contributed by atoms with van der Waals surface area (Å²) in [4.78, 5) is 17.8. The predicted molar refractivity (Wildman–Crippen MR) is 128 cm³/mol.